The molecule has 0 radical (unpaired) electrons. The first-order chi connectivity index (χ1) is 18.7. The molecular formula is C27H29F6N3O4. The van der Waals surface area contributed by atoms with Gasteiger partial charge in [0.1, 0.15) is 0 Å². The van der Waals surface area contributed by atoms with Crippen molar-refractivity contribution in [1.29, 1.82) is 0 Å². The predicted octanol–water partition coefficient (Wildman–Crippen LogP) is 3.45. The number of nitrogens with zero attached hydrogens (tertiary/aromatic N) is 1. The summed E-state index contributed by atoms with van der Waals surface area (Å²) < 4.78 is 77.9. The number of aliphatic hydroxyl groups excluding tert-OH is 1. The van der Waals surface area contributed by atoms with Gasteiger partial charge in [-0.3, -0.25) is 14.5 Å². The highest BCUT2D eigenvalue weighted by Crippen LogP contribution is 2.41. The number of amides is 2. The van der Waals surface area contributed by atoms with Gasteiger partial charge in [0.25, 0.3) is 5.91 Å². The molecular weight excluding hydrogens is 544 g/mol. The molecule has 0 unspecified atom stereocenters. The molecule has 0 aromatic heterocycles. The average molecular weight is 574 g/mol. The summed E-state index contributed by atoms with van der Waals surface area (Å²) in [6.07, 6.45) is -8.68. The van der Waals surface area contributed by atoms with E-state index in [9.17, 15) is 46.1 Å². The van der Waals surface area contributed by atoms with Gasteiger partial charge < -0.3 is 20.8 Å². The highest BCUT2D eigenvalue weighted by atomic mass is 19.4. The zero-order valence-corrected chi connectivity index (χ0v) is 21.2. The molecule has 2 aliphatic rings. The van der Waals surface area contributed by atoms with Crippen LogP contribution in [-0.2, 0) is 22.7 Å². The number of alkyl halides is 6. The number of aliphatic hydroxyl groups is 2. The Hall–Kier alpha value is -3.16. The lowest BCUT2D eigenvalue weighted by atomic mass is 9.77. The minimum atomic E-state index is -4.62. The van der Waals surface area contributed by atoms with Crippen molar-refractivity contribution in [2.45, 2.75) is 61.8 Å². The Morgan fingerprint density at radius 2 is 1.52 bits per heavy atom. The molecule has 0 bridgehead atoms. The highest BCUT2D eigenvalue weighted by Gasteiger charge is 2.42. The number of halogens is 6. The van der Waals surface area contributed by atoms with Crippen molar-refractivity contribution < 1.29 is 46.1 Å². The van der Waals surface area contributed by atoms with Gasteiger partial charge in [-0.25, -0.2) is 0 Å². The summed E-state index contributed by atoms with van der Waals surface area (Å²) in [6.45, 7) is 0.00107. The summed E-state index contributed by atoms with van der Waals surface area (Å²) >= 11 is 0. The first kappa shape index (κ1) is 29.8. The van der Waals surface area contributed by atoms with Crippen LogP contribution in [0.3, 0.4) is 0 Å². The molecule has 7 nitrogen and oxygen atoms in total. The Labute approximate surface area is 226 Å². The molecule has 2 atom stereocenters. The second-order valence-corrected chi connectivity index (χ2v) is 10.3. The average Bonchev–Trinajstić information content (AvgIpc) is 3.26. The molecule has 1 aliphatic carbocycles. The van der Waals surface area contributed by atoms with Crippen molar-refractivity contribution >= 4 is 11.8 Å². The Morgan fingerprint density at radius 1 is 0.925 bits per heavy atom. The van der Waals surface area contributed by atoms with Gasteiger partial charge in [-0.15, -0.1) is 0 Å². The van der Waals surface area contributed by atoms with Crippen molar-refractivity contribution in [2.24, 2.45) is 0 Å². The molecule has 2 amide bonds. The number of benzene rings is 2. The number of likely N-dealkylation sites (tertiary alicyclic amines) is 1. The molecule has 4 rings (SSSR count). The zero-order valence-electron chi connectivity index (χ0n) is 21.2. The van der Waals surface area contributed by atoms with Crippen LogP contribution in [0.25, 0.3) is 0 Å². The minimum Gasteiger partial charge on any atom is -0.390 e. The summed E-state index contributed by atoms with van der Waals surface area (Å²) in [5.41, 5.74) is -3.26. The van der Waals surface area contributed by atoms with Crippen LogP contribution in [0.15, 0.2) is 48.5 Å². The van der Waals surface area contributed by atoms with E-state index in [0.717, 1.165) is 24.3 Å². The van der Waals surface area contributed by atoms with Crippen LogP contribution >= 0.6 is 0 Å². The van der Waals surface area contributed by atoms with Crippen LogP contribution in [0, 0.1) is 0 Å². The monoisotopic (exact) mass is 573 g/mol. The molecule has 4 N–H and O–H groups in total. The van der Waals surface area contributed by atoms with Crippen molar-refractivity contribution in [2.75, 3.05) is 19.6 Å². The topological polar surface area (TPSA) is 102 Å². The maximum atomic E-state index is 13.1. The van der Waals surface area contributed by atoms with Crippen LogP contribution in [-0.4, -0.2) is 64.7 Å². The van der Waals surface area contributed by atoms with Crippen LogP contribution in [0.4, 0.5) is 26.3 Å². The van der Waals surface area contributed by atoms with Gasteiger partial charge >= 0.3 is 12.4 Å². The fourth-order valence-electron chi connectivity index (χ4n) is 5.33. The molecule has 13 heteroatoms. The number of hydrogen-bond acceptors (Lipinski definition) is 5. The van der Waals surface area contributed by atoms with E-state index in [1.54, 1.807) is 0 Å². The van der Waals surface area contributed by atoms with E-state index < -0.39 is 59.6 Å². The number of nitrogens with one attached hydrogen (secondary N) is 2. The second kappa shape index (κ2) is 11.4. The van der Waals surface area contributed by atoms with Gasteiger partial charge in [-0.2, -0.15) is 26.3 Å². The summed E-state index contributed by atoms with van der Waals surface area (Å²) in [5.74, 6) is -1.49. The minimum absolute atomic E-state index is 0.0664. The maximum Gasteiger partial charge on any atom is 0.416 e. The number of β-amino-alcohol motifs (C(OH)–C–C–N with tert-alkyl or cyclic N) is 1. The predicted molar refractivity (Wildman–Crippen MR) is 131 cm³/mol. The first-order valence-corrected chi connectivity index (χ1v) is 12.7. The Kier molecular flexibility index (Phi) is 8.48. The van der Waals surface area contributed by atoms with Crippen molar-refractivity contribution in [3.8, 4) is 0 Å². The SMILES string of the molecule is O=C(CNC(=O)c1cccc(C(F)(F)F)c1)N[C@H]1CN(C2CCC(O)(c3cccc(C(F)(F)F)c3)CC2)C[C@@H]1O. The van der Waals surface area contributed by atoms with E-state index in [2.05, 4.69) is 10.6 Å². The molecule has 1 heterocycles. The van der Waals surface area contributed by atoms with E-state index in [1.807, 2.05) is 4.90 Å². The van der Waals surface area contributed by atoms with Crippen molar-refractivity contribution in [1.82, 2.24) is 15.5 Å². The molecule has 40 heavy (non-hydrogen) atoms. The third-order valence-corrected chi connectivity index (χ3v) is 7.55. The number of hydrogen-bond donors (Lipinski definition) is 4. The first-order valence-electron chi connectivity index (χ1n) is 12.7. The second-order valence-electron chi connectivity index (χ2n) is 10.3. The van der Waals surface area contributed by atoms with E-state index in [1.165, 1.54) is 18.2 Å². The molecule has 2 aromatic rings. The fraction of sp³-hybridized carbons (Fsp3) is 0.481. The van der Waals surface area contributed by atoms with E-state index >= 15 is 0 Å². The standard InChI is InChI=1S/C27H29F6N3O4/c28-26(29,30)18-5-1-3-16(11-18)24(39)34-13-23(38)35-21-14-36(15-22(21)37)20-7-9-25(40,10-8-20)17-4-2-6-19(12-17)27(31,32)33/h1-6,11-12,20-22,37,40H,7-10,13-15H2,(H,34,39)(H,35,38)/t20?,21-,22-,25?/m0/s1. The number of rotatable bonds is 6. The van der Waals surface area contributed by atoms with Gasteiger partial charge in [0.15, 0.2) is 0 Å². The smallest absolute Gasteiger partial charge is 0.390 e. The van der Waals surface area contributed by atoms with Crippen LogP contribution in [0.5, 0.6) is 0 Å². The van der Waals surface area contributed by atoms with E-state index in [0.29, 0.717) is 18.9 Å². The lowest BCUT2D eigenvalue weighted by Gasteiger charge is -2.40. The fourth-order valence-corrected chi connectivity index (χ4v) is 5.33. The largest absolute Gasteiger partial charge is 0.416 e. The molecule has 1 aliphatic heterocycles. The van der Waals surface area contributed by atoms with Crippen LogP contribution in [0.2, 0.25) is 0 Å². The molecule has 218 valence electrons. The van der Waals surface area contributed by atoms with E-state index in [-0.39, 0.29) is 43.1 Å². The maximum absolute atomic E-state index is 13.1. The normalized spacial score (nSPS) is 25.9. The Balaban J connectivity index is 1.27. The Bertz CT molecular complexity index is 1230. The summed E-state index contributed by atoms with van der Waals surface area (Å²) in [5, 5.41) is 26.4. The number of carbonyl (C=O) groups is 2. The molecule has 1 saturated heterocycles. The summed E-state index contributed by atoms with van der Waals surface area (Å²) in [7, 11) is 0. The molecule has 1 saturated carbocycles. The third-order valence-electron chi connectivity index (χ3n) is 7.55. The molecule has 2 aromatic carbocycles. The van der Waals surface area contributed by atoms with Crippen LogP contribution < -0.4 is 10.6 Å². The number of carbonyl (C=O) groups excluding carboxylic acids is 2. The Morgan fingerprint density at radius 3 is 2.15 bits per heavy atom. The third kappa shape index (κ3) is 6.94. The summed E-state index contributed by atoms with van der Waals surface area (Å²) in [6, 6.07) is 7.74. The lowest BCUT2D eigenvalue weighted by molar-refractivity contribution is -0.138. The van der Waals surface area contributed by atoms with Gasteiger partial charge in [0.05, 0.1) is 35.4 Å². The van der Waals surface area contributed by atoms with Gasteiger partial charge in [-0.1, -0.05) is 18.2 Å². The highest BCUT2D eigenvalue weighted by molar-refractivity contribution is 5.96. The lowest BCUT2D eigenvalue weighted by Crippen LogP contribution is -2.47. The van der Waals surface area contributed by atoms with Gasteiger partial charge in [-0.05, 0) is 61.6 Å². The molecule has 2 fully saturated rings. The molecule has 0 spiro atoms. The summed E-state index contributed by atoms with van der Waals surface area (Å²) in [4.78, 5) is 26.5. The quantitative estimate of drug-likeness (QED) is 0.397. The zero-order chi connectivity index (χ0) is 29.3. The van der Waals surface area contributed by atoms with Crippen molar-refractivity contribution in [3.63, 3.8) is 0 Å². The van der Waals surface area contributed by atoms with Crippen LogP contribution in [0.1, 0.15) is 52.7 Å². The van der Waals surface area contributed by atoms with Gasteiger partial charge in [0, 0.05) is 24.7 Å². The van der Waals surface area contributed by atoms with Gasteiger partial charge in [0.2, 0.25) is 5.91 Å². The van der Waals surface area contributed by atoms with Crippen molar-refractivity contribution in [3.05, 3.63) is 70.8 Å². The van der Waals surface area contributed by atoms with E-state index in [4.69, 9.17) is 0 Å².